The van der Waals surface area contributed by atoms with Gasteiger partial charge in [-0.2, -0.15) is 13.2 Å². The van der Waals surface area contributed by atoms with Crippen LogP contribution in [0.2, 0.25) is 0 Å². The second kappa shape index (κ2) is 4.91. The lowest BCUT2D eigenvalue weighted by Gasteiger charge is -2.34. The lowest BCUT2D eigenvalue weighted by atomic mass is 9.68. The van der Waals surface area contributed by atoms with Gasteiger partial charge in [0.2, 0.25) is 17.5 Å². The topological polar surface area (TPSA) is 63.2 Å². The maximum Gasteiger partial charge on any atom is 0.418 e. The molecular weight excluding hydrogens is 323 g/mol. The number of rotatable bonds is 2. The van der Waals surface area contributed by atoms with E-state index in [0.29, 0.717) is 6.42 Å². The van der Waals surface area contributed by atoms with Gasteiger partial charge in [0.25, 0.3) is 0 Å². The highest BCUT2D eigenvalue weighted by atomic mass is 19.4. The summed E-state index contributed by atoms with van der Waals surface area (Å²) in [5.41, 5.74) is -3.89. The van der Waals surface area contributed by atoms with Gasteiger partial charge in [0, 0.05) is 5.92 Å². The number of carbonyl (C=O) groups is 3. The van der Waals surface area contributed by atoms with Crippen molar-refractivity contribution < 1.29 is 27.6 Å². The van der Waals surface area contributed by atoms with Crippen molar-refractivity contribution in [3.63, 3.8) is 0 Å². The Morgan fingerprint density at radius 1 is 1.21 bits per heavy atom. The number of carbonyl (C=O) groups excluding carboxylic acids is 3. The molecule has 1 aromatic carbocycles. The van der Waals surface area contributed by atoms with E-state index >= 15 is 0 Å². The first-order valence-corrected chi connectivity index (χ1v) is 7.60. The highest BCUT2D eigenvalue weighted by Crippen LogP contribution is 2.62. The summed E-state index contributed by atoms with van der Waals surface area (Å²) in [5.74, 6) is -2.76. The summed E-state index contributed by atoms with van der Waals surface area (Å²) < 4.78 is 39.2. The molecule has 4 nitrogen and oxygen atoms in total. The molecule has 1 amide bonds. The molecule has 1 N–H and O–H groups in total. The third-order valence-electron chi connectivity index (χ3n) is 5.58. The molecule has 2 aliphatic rings. The molecule has 0 aromatic heterocycles. The Balaban J connectivity index is 2.00. The Morgan fingerprint density at radius 2 is 1.83 bits per heavy atom. The van der Waals surface area contributed by atoms with Crippen LogP contribution in [0, 0.1) is 16.7 Å². The van der Waals surface area contributed by atoms with Gasteiger partial charge in [-0.15, -0.1) is 0 Å². The molecule has 0 aliphatic heterocycles. The van der Waals surface area contributed by atoms with Crippen LogP contribution in [0.5, 0.6) is 0 Å². The summed E-state index contributed by atoms with van der Waals surface area (Å²) >= 11 is 0. The van der Waals surface area contributed by atoms with Crippen LogP contribution in [-0.2, 0) is 20.6 Å². The van der Waals surface area contributed by atoms with Gasteiger partial charge in [0.15, 0.2) is 0 Å². The molecule has 3 rings (SSSR count). The van der Waals surface area contributed by atoms with Gasteiger partial charge in [-0.1, -0.05) is 26.0 Å². The molecular formula is C17H16F3NO3. The summed E-state index contributed by atoms with van der Waals surface area (Å²) in [5, 5.41) is 2.25. The standard InChI is InChI=1S/C17H16F3NO3/c1-15(2)10-7-8-16(15,13(23)12(10)22)14(24)21-11-6-4-3-5-9(11)17(18,19)20/h3-6,10H,7-8H2,1-2H3,(H,21,24)/t10-,16+/m0/s1. The number of fused-ring (bicyclic) bond motifs is 2. The summed E-state index contributed by atoms with van der Waals surface area (Å²) in [4.78, 5) is 37.2. The number of para-hydroxylation sites is 1. The van der Waals surface area contributed by atoms with E-state index in [4.69, 9.17) is 0 Å². The quantitative estimate of drug-likeness (QED) is 0.665. The maximum absolute atomic E-state index is 13.1. The van der Waals surface area contributed by atoms with Crippen molar-refractivity contribution in [2.24, 2.45) is 16.7 Å². The molecule has 1 aromatic rings. The molecule has 0 saturated heterocycles. The van der Waals surface area contributed by atoms with Crippen LogP contribution in [0.1, 0.15) is 32.3 Å². The molecule has 0 unspecified atom stereocenters. The number of ketones is 2. The van der Waals surface area contributed by atoms with E-state index in [1.54, 1.807) is 13.8 Å². The van der Waals surface area contributed by atoms with E-state index in [9.17, 15) is 27.6 Å². The molecule has 0 heterocycles. The van der Waals surface area contributed by atoms with Crippen LogP contribution in [-0.4, -0.2) is 17.5 Å². The fourth-order valence-corrected chi connectivity index (χ4v) is 4.15. The zero-order chi connectivity index (χ0) is 17.9. The van der Waals surface area contributed by atoms with E-state index in [-0.39, 0.29) is 6.42 Å². The second-order valence-corrected chi connectivity index (χ2v) is 6.91. The van der Waals surface area contributed by atoms with Crippen molar-refractivity contribution >= 4 is 23.2 Å². The summed E-state index contributed by atoms with van der Waals surface area (Å²) in [6.07, 6.45) is -4.06. The highest BCUT2D eigenvalue weighted by molar-refractivity contribution is 6.48. The molecule has 2 fully saturated rings. The Labute approximate surface area is 136 Å². The minimum atomic E-state index is -4.63. The van der Waals surface area contributed by atoms with Gasteiger partial charge in [0.1, 0.15) is 5.41 Å². The van der Waals surface area contributed by atoms with Crippen molar-refractivity contribution in [1.82, 2.24) is 0 Å². The van der Waals surface area contributed by atoms with Gasteiger partial charge in [0.05, 0.1) is 11.3 Å². The van der Waals surface area contributed by atoms with E-state index in [0.717, 1.165) is 12.1 Å². The van der Waals surface area contributed by atoms with Crippen molar-refractivity contribution in [3.05, 3.63) is 29.8 Å². The average molecular weight is 339 g/mol. The van der Waals surface area contributed by atoms with Crippen molar-refractivity contribution in [2.45, 2.75) is 32.9 Å². The smallest absolute Gasteiger partial charge is 0.325 e. The molecule has 2 atom stereocenters. The van der Waals surface area contributed by atoms with Crippen LogP contribution >= 0.6 is 0 Å². The molecule has 7 heteroatoms. The number of alkyl halides is 3. The Bertz CT molecular complexity index is 754. The molecule has 2 aliphatic carbocycles. The third kappa shape index (κ3) is 1.96. The molecule has 0 spiro atoms. The predicted octanol–water partition coefficient (Wildman–Crippen LogP) is 3.22. The first-order chi connectivity index (χ1) is 11.0. The maximum atomic E-state index is 13.1. The number of benzene rings is 1. The molecule has 2 saturated carbocycles. The summed E-state index contributed by atoms with van der Waals surface area (Å²) in [6.45, 7) is 3.31. The zero-order valence-electron chi connectivity index (χ0n) is 13.2. The zero-order valence-corrected chi connectivity index (χ0v) is 13.2. The number of nitrogens with one attached hydrogen (secondary N) is 1. The predicted molar refractivity (Wildman–Crippen MR) is 79.0 cm³/mol. The highest BCUT2D eigenvalue weighted by Gasteiger charge is 2.72. The first-order valence-electron chi connectivity index (χ1n) is 7.60. The summed E-state index contributed by atoms with van der Waals surface area (Å²) in [7, 11) is 0. The number of Topliss-reactive ketones (excluding diaryl/α,β-unsaturated/α-hetero) is 2. The number of amides is 1. The molecule has 128 valence electrons. The molecule has 2 bridgehead atoms. The fraction of sp³-hybridized carbons (Fsp3) is 0.471. The summed E-state index contributed by atoms with van der Waals surface area (Å²) in [6, 6.07) is 4.58. The van der Waals surface area contributed by atoms with Crippen LogP contribution in [0.3, 0.4) is 0 Å². The second-order valence-electron chi connectivity index (χ2n) is 6.91. The van der Waals surface area contributed by atoms with Crippen molar-refractivity contribution in [2.75, 3.05) is 5.32 Å². The van der Waals surface area contributed by atoms with Gasteiger partial charge >= 0.3 is 6.18 Å². The van der Waals surface area contributed by atoms with Crippen molar-refractivity contribution in [1.29, 1.82) is 0 Å². The van der Waals surface area contributed by atoms with Crippen LogP contribution < -0.4 is 5.32 Å². The van der Waals surface area contributed by atoms with E-state index < -0.39 is 51.6 Å². The number of halogens is 3. The van der Waals surface area contributed by atoms with E-state index in [2.05, 4.69) is 5.32 Å². The molecule has 0 radical (unpaired) electrons. The third-order valence-corrected chi connectivity index (χ3v) is 5.58. The Hall–Kier alpha value is -2.18. The minimum absolute atomic E-state index is 0.176. The number of hydrogen-bond acceptors (Lipinski definition) is 3. The van der Waals surface area contributed by atoms with Crippen molar-refractivity contribution in [3.8, 4) is 0 Å². The largest absolute Gasteiger partial charge is 0.418 e. The number of hydrogen-bond donors (Lipinski definition) is 1. The van der Waals surface area contributed by atoms with E-state index in [1.807, 2.05) is 0 Å². The minimum Gasteiger partial charge on any atom is -0.325 e. The first kappa shape index (κ1) is 16.7. The van der Waals surface area contributed by atoms with Crippen LogP contribution in [0.4, 0.5) is 18.9 Å². The lowest BCUT2D eigenvalue weighted by molar-refractivity contribution is -0.147. The molecule has 24 heavy (non-hydrogen) atoms. The Morgan fingerprint density at radius 3 is 2.38 bits per heavy atom. The van der Waals surface area contributed by atoms with Gasteiger partial charge in [-0.25, -0.2) is 0 Å². The van der Waals surface area contributed by atoms with Gasteiger partial charge in [-0.3, -0.25) is 14.4 Å². The van der Waals surface area contributed by atoms with Crippen LogP contribution in [0.15, 0.2) is 24.3 Å². The average Bonchev–Trinajstić information content (AvgIpc) is 2.83. The SMILES string of the molecule is CC1(C)[C@H]2CC[C@]1(C(=O)Nc1ccccc1C(F)(F)F)C(=O)C2=O. The van der Waals surface area contributed by atoms with Gasteiger partial charge < -0.3 is 5.32 Å². The van der Waals surface area contributed by atoms with Gasteiger partial charge in [-0.05, 0) is 30.4 Å². The Kier molecular flexibility index (Phi) is 3.41. The number of anilines is 1. The normalized spacial score (nSPS) is 28.3. The lowest BCUT2D eigenvalue weighted by Crippen LogP contribution is -2.47. The fourth-order valence-electron chi connectivity index (χ4n) is 4.15. The monoisotopic (exact) mass is 339 g/mol. The van der Waals surface area contributed by atoms with E-state index in [1.165, 1.54) is 12.1 Å². The van der Waals surface area contributed by atoms with Crippen LogP contribution in [0.25, 0.3) is 0 Å².